The normalized spacial score (nSPS) is 10.5. The van der Waals surface area contributed by atoms with E-state index in [0.717, 1.165) is 17.5 Å². The Labute approximate surface area is 153 Å². The van der Waals surface area contributed by atoms with Crippen LogP contribution in [-0.2, 0) is 20.7 Å². The molecule has 0 bridgehead atoms. The highest BCUT2D eigenvalue weighted by Crippen LogP contribution is 2.13. The molecule has 1 aromatic heterocycles. The van der Waals surface area contributed by atoms with E-state index in [0.29, 0.717) is 12.3 Å². The maximum atomic E-state index is 12.2. The number of hydrogen-bond acceptors (Lipinski definition) is 5. The molecule has 0 N–H and O–H groups in total. The van der Waals surface area contributed by atoms with Crippen molar-refractivity contribution in [2.45, 2.75) is 6.42 Å². The Kier molecular flexibility index (Phi) is 7.36. The van der Waals surface area contributed by atoms with Crippen molar-refractivity contribution in [1.29, 1.82) is 0 Å². The Bertz CT molecular complexity index is 742. The van der Waals surface area contributed by atoms with Crippen LogP contribution in [0.25, 0.3) is 6.08 Å². The zero-order chi connectivity index (χ0) is 18.8. The molecule has 0 atom stereocenters. The fourth-order valence-corrected chi connectivity index (χ4v) is 2.12. The molecule has 0 aliphatic heterocycles. The molecule has 6 heteroatoms. The van der Waals surface area contributed by atoms with Gasteiger partial charge in [-0.2, -0.15) is 0 Å². The Morgan fingerprint density at radius 3 is 2.62 bits per heavy atom. The van der Waals surface area contributed by atoms with Crippen LogP contribution < -0.4 is 4.74 Å². The van der Waals surface area contributed by atoms with Gasteiger partial charge in [-0.15, -0.1) is 0 Å². The maximum absolute atomic E-state index is 12.2. The van der Waals surface area contributed by atoms with Crippen molar-refractivity contribution < 1.29 is 19.1 Å². The number of esters is 1. The summed E-state index contributed by atoms with van der Waals surface area (Å²) in [5, 5.41) is 0. The van der Waals surface area contributed by atoms with Crippen LogP contribution in [0.2, 0.25) is 0 Å². The van der Waals surface area contributed by atoms with Crippen LogP contribution in [0.3, 0.4) is 0 Å². The van der Waals surface area contributed by atoms with E-state index in [-0.39, 0.29) is 12.5 Å². The first kappa shape index (κ1) is 19.2. The first-order valence-corrected chi connectivity index (χ1v) is 8.20. The molecule has 2 rings (SSSR count). The highest BCUT2D eigenvalue weighted by Gasteiger charge is 2.05. The summed E-state index contributed by atoms with van der Waals surface area (Å²) in [4.78, 5) is 28.9. The summed E-state index contributed by atoms with van der Waals surface area (Å²) in [5.41, 5.74) is 1.96. The molecular weight excluding hydrogens is 332 g/mol. The number of rotatable bonds is 8. The van der Waals surface area contributed by atoms with Crippen LogP contribution in [0.1, 0.15) is 11.1 Å². The Morgan fingerprint density at radius 2 is 1.96 bits per heavy atom. The summed E-state index contributed by atoms with van der Waals surface area (Å²) in [6.07, 6.45) is 7.57. The molecule has 1 heterocycles. The second-order valence-electron chi connectivity index (χ2n) is 5.64. The zero-order valence-corrected chi connectivity index (χ0v) is 14.9. The molecule has 1 amide bonds. The van der Waals surface area contributed by atoms with E-state index in [9.17, 15) is 9.59 Å². The smallest absolute Gasteiger partial charge is 0.343 e. The lowest BCUT2D eigenvalue weighted by Gasteiger charge is -2.14. The van der Waals surface area contributed by atoms with Gasteiger partial charge in [0.15, 0.2) is 6.61 Å². The quantitative estimate of drug-likeness (QED) is 0.538. The number of likely N-dealkylation sites (N-methyl/N-ethyl adjacent to an activating group) is 1. The van der Waals surface area contributed by atoms with Gasteiger partial charge in [0.05, 0.1) is 7.11 Å². The number of ether oxygens (including phenoxy) is 2. The first-order valence-electron chi connectivity index (χ1n) is 8.20. The van der Waals surface area contributed by atoms with Crippen molar-refractivity contribution in [1.82, 2.24) is 9.88 Å². The largest absolute Gasteiger partial charge is 0.482 e. The SMILES string of the molecule is COC(=O)COc1ccc(/C=C/C(=O)N(C)CCc2cccnc2)cc1. The molecule has 0 saturated heterocycles. The maximum Gasteiger partial charge on any atom is 0.343 e. The monoisotopic (exact) mass is 354 g/mol. The van der Waals surface area contributed by atoms with Crippen LogP contribution in [-0.4, -0.2) is 49.1 Å². The molecule has 0 spiro atoms. The molecule has 0 radical (unpaired) electrons. The molecule has 0 fully saturated rings. The van der Waals surface area contributed by atoms with Crippen molar-refractivity contribution in [2.24, 2.45) is 0 Å². The van der Waals surface area contributed by atoms with Gasteiger partial charge in [0.1, 0.15) is 5.75 Å². The summed E-state index contributed by atoms with van der Waals surface area (Å²) in [6, 6.07) is 11.0. The zero-order valence-electron chi connectivity index (χ0n) is 14.9. The van der Waals surface area contributed by atoms with E-state index in [1.165, 1.54) is 13.2 Å². The highest BCUT2D eigenvalue weighted by atomic mass is 16.6. The lowest BCUT2D eigenvalue weighted by Crippen LogP contribution is -2.27. The molecule has 2 aromatic rings. The molecule has 0 saturated carbocycles. The van der Waals surface area contributed by atoms with Gasteiger partial charge in [0.2, 0.25) is 5.91 Å². The molecular formula is C20H22N2O4. The number of methoxy groups -OCH3 is 1. The minimum atomic E-state index is -0.436. The van der Waals surface area contributed by atoms with Crippen LogP contribution in [0, 0.1) is 0 Å². The second kappa shape index (κ2) is 9.98. The van der Waals surface area contributed by atoms with Crippen LogP contribution >= 0.6 is 0 Å². The number of hydrogen-bond donors (Lipinski definition) is 0. The van der Waals surface area contributed by atoms with Gasteiger partial charge in [-0.05, 0) is 41.8 Å². The standard InChI is InChI=1S/C20H22N2O4/c1-22(13-11-17-4-3-12-21-14-17)19(23)10-7-16-5-8-18(9-6-16)26-15-20(24)25-2/h3-10,12,14H,11,13,15H2,1-2H3/b10-7+. The number of carbonyl (C=O) groups is 2. The average molecular weight is 354 g/mol. The van der Waals surface area contributed by atoms with Crippen molar-refractivity contribution in [3.63, 3.8) is 0 Å². The van der Waals surface area contributed by atoms with E-state index in [4.69, 9.17) is 4.74 Å². The summed E-state index contributed by atoms with van der Waals surface area (Å²) in [7, 11) is 3.08. The summed E-state index contributed by atoms with van der Waals surface area (Å²) in [6.45, 7) is 0.487. The van der Waals surface area contributed by atoms with E-state index in [1.54, 1.807) is 42.6 Å². The third kappa shape index (κ3) is 6.39. The van der Waals surface area contributed by atoms with E-state index in [1.807, 2.05) is 24.3 Å². The number of carbonyl (C=O) groups excluding carboxylic acids is 2. The van der Waals surface area contributed by atoms with Gasteiger partial charge in [-0.3, -0.25) is 9.78 Å². The molecule has 6 nitrogen and oxygen atoms in total. The number of benzene rings is 1. The van der Waals surface area contributed by atoms with Crippen molar-refractivity contribution in [2.75, 3.05) is 27.3 Å². The summed E-state index contributed by atoms with van der Waals surface area (Å²) >= 11 is 0. The lowest BCUT2D eigenvalue weighted by atomic mass is 10.2. The number of pyridine rings is 1. The van der Waals surface area contributed by atoms with Gasteiger partial charge in [0, 0.05) is 32.1 Å². The fraction of sp³-hybridized carbons (Fsp3) is 0.250. The van der Waals surface area contributed by atoms with Gasteiger partial charge < -0.3 is 14.4 Å². The first-order chi connectivity index (χ1) is 12.6. The molecule has 0 aliphatic carbocycles. The molecule has 1 aromatic carbocycles. The predicted molar refractivity (Wildman–Crippen MR) is 98.6 cm³/mol. The lowest BCUT2D eigenvalue weighted by molar-refractivity contribution is -0.142. The van der Waals surface area contributed by atoms with Crippen molar-refractivity contribution >= 4 is 18.0 Å². The minimum Gasteiger partial charge on any atom is -0.482 e. The van der Waals surface area contributed by atoms with Crippen LogP contribution in [0.5, 0.6) is 5.75 Å². The average Bonchev–Trinajstić information content (AvgIpc) is 2.69. The Hall–Kier alpha value is -3.15. The van der Waals surface area contributed by atoms with Crippen molar-refractivity contribution in [3.05, 3.63) is 66.0 Å². The van der Waals surface area contributed by atoms with Gasteiger partial charge >= 0.3 is 5.97 Å². The highest BCUT2D eigenvalue weighted by molar-refractivity contribution is 5.91. The summed E-state index contributed by atoms with van der Waals surface area (Å²) < 4.78 is 9.78. The van der Waals surface area contributed by atoms with E-state index >= 15 is 0 Å². The minimum absolute atomic E-state index is 0.0695. The number of aromatic nitrogens is 1. The van der Waals surface area contributed by atoms with Gasteiger partial charge in [0.25, 0.3) is 0 Å². The van der Waals surface area contributed by atoms with Gasteiger partial charge in [-0.25, -0.2) is 4.79 Å². The fourth-order valence-electron chi connectivity index (χ4n) is 2.12. The van der Waals surface area contributed by atoms with Crippen LogP contribution in [0.15, 0.2) is 54.9 Å². The molecule has 0 unspecified atom stereocenters. The second-order valence-corrected chi connectivity index (χ2v) is 5.64. The molecule has 0 aliphatic rings. The molecule has 136 valence electrons. The number of amides is 1. The number of nitrogens with zero attached hydrogens (tertiary/aromatic N) is 2. The predicted octanol–water partition coefficient (Wildman–Crippen LogP) is 2.35. The molecule has 26 heavy (non-hydrogen) atoms. The topological polar surface area (TPSA) is 68.7 Å². The summed E-state index contributed by atoms with van der Waals surface area (Å²) in [5.74, 6) is 0.0567. The van der Waals surface area contributed by atoms with Gasteiger partial charge in [-0.1, -0.05) is 18.2 Å². The van der Waals surface area contributed by atoms with Crippen LogP contribution in [0.4, 0.5) is 0 Å². The Balaban J connectivity index is 1.82. The van der Waals surface area contributed by atoms with E-state index in [2.05, 4.69) is 9.72 Å². The van der Waals surface area contributed by atoms with E-state index < -0.39 is 5.97 Å². The third-order valence-corrected chi connectivity index (χ3v) is 3.72. The Morgan fingerprint density at radius 1 is 1.19 bits per heavy atom. The van der Waals surface area contributed by atoms with Crippen molar-refractivity contribution in [3.8, 4) is 5.75 Å². The third-order valence-electron chi connectivity index (χ3n) is 3.72.